The summed E-state index contributed by atoms with van der Waals surface area (Å²) in [6.07, 6.45) is 1.82. The van der Waals surface area contributed by atoms with E-state index in [4.69, 9.17) is 0 Å². The number of rotatable bonds is 7. The lowest BCUT2D eigenvalue weighted by Crippen LogP contribution is -2.07. The molecule has 286 valence electrons. The van der Waals surface area contributed by atoms with Crippen molar-refractivity contribution in [1.29, 1.82) is 0 Å². The minimum absolute atomic E-state index is 0.125. The van der Waals surface area contributed by atoms with E-state index in [0.29, 0.717) is 0 Å². The van der Waals surface area contributed by atoms with Crippen molar-refractivity contribution in [2.24, 2.45) is 0 Å². The first-order chi connectivity index (χ1) is 30.1. The van der Waals surface area contributed by atoms with Crippen molar-refractivity contribution in [2.45, 2.75) is 18.8 Å². The van der Waals surface area contributed by atoms with E-state index in [-0.39, 0.29) is 5.92 Å². The minimum atomic E-state index is 0.125. The molecule has 0 saturated heterocycles. The van der Waals surface area contributed by atoms with Gasteiger partial charge in [-0.1, -0.05) is 195 Å². The molecule has 3 aliphatic rings. The predicted molar refractivity (Wildman–Crippen MR) is 257 cm³/mol. The second-order valence-electron chi connectivity index (χ2n) is 16.9. The third kappa shape index (κ3) is 5.75. The zero-order valence-electron chi connectivity index (χ0n) is 34.0. The Balaban J connectivity index is 0.945. The Morgan fingerprint density at radius 3 is 1.64 bits per heavy atom. The third-order valence-corrected chi connectivity index (χ3v) is 13.5. The highest BCUT2D eigenvalue weighted by molar-refractivity contribution is 6.06. The summed E-state index contributed by atoms with van der Waals surface area (Å²) in [4.78, 5) is 0. The van der Waals surface area contributed by atoms with Crippen molar-refractivity contribution >= 4 is 11.1 Å². The molecule has 0 radical (unpaired) electrons. The molecule has 0 bridgehead atoms. The van der Waals surface area contributed by atoms with Crippen molar-refractivity contribution in [3.05, 3.63) is 263 Å². The van der Waals surface area contributed by atoms with Gasteiger partial charge in [-0.05, 0) is 159 Å². The lowest BCUT2D eigenvalue weighted by atomic mass is 9.81. The summed E-state index contributed by atoms with van der Waals surface area (Å²) >= 11 is 0. The van der Waals surface area contributed by atoms with Crippen molar-refractivity contribution in [1.82, 2.24) is 0 Å². The van der Waals surface area contributed by atoms with Crippen LogP contribution < -0.4 is 0 Å². The summed E-state index contributed by atoms with van der Waals surface area (Å²) in [6, 6.07) is 74.4. The van der Waals surface area contributed by atoms with Gasteiger partial charge in [-0.15, -0.1) is 0 Å². The molecule has 9 aromatic carbocycles. The largest absolute Gasteiger partial charge is 0.0905 e. The maximum atomic E-state index is 4.60. The molecule has 0 heterocycles. The fraction of sp³-hybridized carbons (Fsp3) is 0.0492. The smallest absolute Gasteiger partial charge is 0.0130 e. The molecule has 0 saturated carbocycles. The first-order valence-corrected chi connectivity index (χ1v) is 21.4. The molecule has 1 unspecified atom stereocenters. The van der Waals surface area contributed by atoms with Crippen LogP contribution in [-0.2, 0) is 12.8 Å². The summed E-state index contributed by atoms with van der Waals surface area (Å²) in [7, 11) is 0. The molecule has 12 rings (SSSR count). The molecular formula is C61H42. The van der Waals surface area contributed by atoms with Crippen LogP contribution in [0.5, 0.6) is 0 Å². The predicted octanol–water partition coefficient (Wildman–Crippen LogP) is 15.7. The van der Waals surface area contributed by atoms with Crippen LogP contribution in [0.2, 0.25) is 0 Å². The van der Waals surface area contributed by atoms with Gasteiger partial charge in [-0.3, -0.25) is 0 Å². The standard InChI is InChI=1S/C61H42/c1-38-49-19-10-12-21-56(49)61-50(38)22-13-23-53(61)44-26-25-43-34-47-32-40(24-29-52(47)60(43)36-44)33-58(45-28-31-55-54-20-11-9-18-48(54)39(2)57(55)35-45)46-27-30-51(41-14-5-3-6-15-41)59(37-46)42-16-7-4-8-17-42/h3-32,35-37,58H,1-2,33-34H2. The zero-order chi connectivity index (χ0) is 40.6. The average Bonchev–Trinajstić information content (AvgIpc) is 3.94. The van der Waals surface area contributed by atoms with E-state index in [0.717, 1.165) is 24.0 Å². The van der Waals surface area contributed by atoms with Gasteiger partial charge in [0.05, 0.1) is 0 Å². The molecule has 9 aromatic rings. The van der Waals surface area contributed by atoms with Crippen LogP contribution in [0.3, 0.4) is 0 Å². The SMILES string of the molecule is C=C1c2ccccc2-c2ccc(C(Cc3ccc4c(c3)Cc3ccc(-c5cccc6c5-c5ccccc5C6=C)cc3-4)c3ccc(-c4ccccc4)c(-c4ccccc4)c3)cc21. The molecule has 0 spiro atoms. The zero-order valence-corrected chi connectivity index (χ0v) is 34.0. The van der Waals surface area contributed by atoms with Gasteiger partial charge in [0.1, 0.15) is 0 Å². The minimum Gasteiger partial charge on any atom is -0.0905 e. The van der Waals surface area contributed by atoms with Gasteiger partial charge in [-0.25, -0.2) is 0 Å². The van der Waals surface area contributed by atoms with Crippen LogP contribution in [0.4, 0.5) is 0 Å². The second kappa shape index (κ2) is 14.0. The van der Waals surface area contributed by atoms with Gasteiger partial charge in [0.25, 0.3) is 0 Å². The monoisotopic (exact) mass is 774 g/mol. The average molecular weight is 775 g/mol. The summed E-state index contributed by atoms with van der Waals surface area (Å²) < 4.78 is 0. The Kier molecular flexibility index (Phi) is 8.15. The van der Waals surface area contributed by atoms with Gasteiger partial charge in [0, 0.05) is 5.92 Å². The van der Waals surface area contributed by atoms with Crippen LogP contribution in [0.15, 0.2) is 213 Å². The van der Waals surface area contributed by atoms with Crippen molar-refractivity contribution in [2.75, 3.05) is 0 Å². The fourth-order valence-corrected chi connectivity index (χ4v) is 10.5. The molecule has 0 fully saturated rings. The van der Waals surface area contributed by atoms with E-state index in [1.165, 1.54) is 117 Å². The molecule has 61 heavy (non-hydrogen) atoms. The molecular weight excluding hydrogens is 733 g/mol. The van der Waals surface area contributed by atoms with Gasteiger partial charge < -0.3 is 0 Å². The molecule has 0 nitrogen and oxygen atoms in total. The lowest BCUT2D eigenvalue weighted by molar-refractivity contribution is 0.804. The van der Waals surface area contributed by atoms with E-state index in [1.54, 1.807) is 0 Å². The highest BCUT2D eigenvalue weighted by Crippen LogP contribution is 2.50. The highest BCUT2D eigenvalue weighted by Gasteiger charge is 2.28. The van der Waals surface area contributed by atoms with E-state index < -0.39 is 0 Å². The van der Waals surface area contributed by atoms with Gasteiger partial charge in [0.2, 0.25) is 0 Å². The van der Waals surface area contributed by atoms with Crippen LogP contribution in [0, 0.1) is 0 Å². The van der Waals surface area contributed by atoms with E-state index in [9.17, 15) is 0 Å². The number of hydrogen-bond donors (Lipinski definition) is 0. The van der Waals surface area contributed by atoms with Crippen molar-refractivity contribution in [3.63, 3.8) is 0 Å². The number of benzene rings is 9. The van der Waals surface area contributed by atoms with Crippen molar-refractivity contribution in [3.8, 4) is 66.8 Å². The molecule has 0 aliphatic heterocycles. The van der Waals surface area contributed by atoms with Crippen molar-refractivity contribution < 1.29 is 0 Å². The molecule has 3 aliphatic carbocycles. The Morgan fingerprint density at radius 2 is 0.885 bits per heavy atom. The van der Waals surface area contributed by atoms with E-state index in [1.807, 2.05) is 0 Å². The summed E-state index contributed by atoms with van der Waals surface area (Å²) in [6.45, 7) is 9.09. The summed E-state index contributed by atoms with van der Waals surface area (Å²) in [5.74, 6) is 0.125. The van der Waals surface area contributed by atoms with Gasteiger partial charge in [0.15, 0.2) is 0 Å². The Morgan fingerprint density at radius 1 is 0.328 bits per heavy atom. The van der Waals surface area contributed by atoms with Crippen LogP contribution in [0.25, 0.3) is 77.9 Å². The summed E-state index contributed by atoms with van der Waals surface area (Å²) in [5, 5.41) is 0. The Bertz CT molecular complexity index is 3270. The third-order valence-electron chi connectivity index (χ3n) is 13.5. The van der Waals surface area contributed by atoms with Crippen LogP contribution in [0.1, 0.15) is 56.0 Å². The van der Waals surface area contributed by atoms with Crippen LogP contribution >= 0.6 is 0 Å². The van der Waals surface area contributed by atoms with E-state index >= 15 is 0 Å². The quantitative estimate of drug-likeness (QED) is 0.151. The summed E-state index contributed by atoms with van der Waals surface area (Å²) in [5.41, 5.74) is 29.3. The Labute approximate surface area is 358 Å². The fourth-order valence-electron chi connectivity index (χ4n) is 10.5. The lowest BCUT2D eigenvalue weighted by Gasteiger charge is -2.22. The molecule has 0 amide bonds. The first-order valence-electron chi connectivity index (χ1n) is 21.4. The van der Waals surface area contributed by atoms with Gasteiger partial charge in [-0.2, -0.15) is 0 Å². The van der Waals surface area contributed by atoms with Crippen LogP contribution in [-0.4, -0.2) is 0 Å². The number of fused-ring (bicyclic) bond motifs is 9. The molecule has 0 N–H and O–H groups in total. The van der Waals surface area contributed by atoms with Gasteiger partial charge >= 0.3 is 0 Å². The molecule has 0 heteroatoms. The maximum Gasteiger partial charge on any atom is 0.0130 e. The molecule has 0 aromatic heterocycles. The highest BCUT2D eigenvalue weighted by atomic mass is 14.3. The maximum absolute atomic E-state index is 4.60. The second-order valence-corrected chi connectivity index (χ2v) is 16.9. The molecule has 1 atom stereocenters. The first kappa shape index (κ1) is 35.4. The topological polar surface area (TPSA) is 0 Å². The number of hydrogen-bond acceptors (Lipinski definition) is 0. The Hall–Kier alpha value is -7.54. The normalized spacial score (nSPS) is 13.2. The van der Waals surface area contributed by atoms with E-state index in [2.05, 4.69) is 213 Å².